The maximum Gasteiger partial charge on any atom is 0.195 e. The summed E-state index contributed by atoms with van der Waals surface area (Å²) in [6.45, 7) is 6.34. The van der Waals surface area contributed by atoms with E-state index in [4.69, 9.17) is 16.3 Å². The van der Waals surface area contributed by atoms with Crippen molar-refractivity contribution in [2.45, 2.75) is 32.8 Å². The van der Waals surface area contributed by atoms with Crippen LogP contribution in [-0.2, 0) is 9.53 Å². The lowest BCUT2D eigenvalue weighted by molar-refractivity contribution is -0.126. The Labute approximate surface area is 131 Å². The number of hydrogen-bond donors (Lipinski definition) is 0. The van der Waals surface area contributed by atoms with Gasteiger partial charge in [-0.2, -0.15) is 0 Å². The lowest BCUT2D eigenvalue weighted by atomic mass is 9.96. The molecule has 1 aromatic carbocycles. The molecule has 0 aromatic heterocycles. The molecule has 4 heteroatoms. The van der Waals surface area contributed by atoms with Crippen LogP contribution in [0.5, 0.6) is 0 Å². The summed E-state index contributed by atoms with van der Waals surface area (Å²) in [6.07, 6.45) is 3.51. The van der Waals surface area contributed by atoms with E-state index in [-0.39, 0.29) is 11.9 Å². The number of halogens is 1. The third-order valence-electron chi connectivity index (χ3n) is 3.44. The molecule has 1 atom stereocenters. The number of hydrogen-bond acceptors (Lipinski definition) is 3. The van der Waals surface area contributed by atoms with E-state index < -0.39 is 0 Å². The third-order valence-corrected chi connectivity index (χ3v) is 3.67. The Morgan fingerprint density at radius 2 is 2.14 bits per heavy atom. The van der Waals surface area contributed by atoms with E-state index in [0.29, 0.717) is 23.7 Å². The first kappa shape index (κ1) is 16.1. The molecule has 1 aliphatic rings. The smallest absolute Gasteiger partial charge is 0.195 e. The monoisotopic (exact) mass is 307 g/mol. The van der Waals surface area contributed by atoms with Crippen molar-refractivity contribution in [2.75, 3.05) is 19.7 Å². The van der Waals surface area contributed by atoms with Crippen molar-refractivity contribution in [1.82, 2.24) is 4.90 Å². The second-order valence-electron chi connectivity index (χ2n) is 5.27. The first-order valence-corrected chi connectivity index (χ1v) is 7.91. The largest absolute Gasteiger partial charge is 0.374 e. The van der Waals surface area contributed by atoms with Gasteiger partial charge in [-0.25, -0.2) is 0 Å². The van der Waals surface area contributed by atoms with Crippen molar-refractivity contribution >= 4 is 23.0 Å². The standard InChI is InChI=1S/C17H22ClNO2/c1-3-8-19-11-15(13-6-5-7-14(18)10-13)17(20)16(12-19)21-9-4-2/h5-7,10-11,16H,3-4,8-9,12H2,1-2H3. The van der Waals surface area contributed by atoms with Crippen molar-refractivity contribution in [3.05, 3.63) is 41.1 Å². The molecule has 0 spiro atoms. The van der Waals surface area contributed by atoms with E-state index in [0.717, 1.165) is 24.9 Å². The maximum absolute atomic E-state index is 12.6. The van der Waals surface area contributed by atoms with Gasteiger partial charge in [-0.15, -0.1) is 0 Å². The Morgan fingerprint density at radius 1 is 1.33 bits per heavy atom. The van der Waals surface area contributed by atoms with Gasteiger partial charge in [0.2, 0.25) is 0 Å². The van der Waals surface area contributed by atoms with Crippen LogP contribution in [0.2, 0.25) is 5.02 Å². The predicted octanol–water partition coefficient (Wildman–Crippen LogP) is 3.77. The Hall–Kier alpha value is -1.32. The van der Waals surface area contributed by atoms with Gasteiger partial charge in [0.15, 0.2) is 5.78 Å². The molecule has 0 N–H and O–H groups in total. The van der Waals surface area contributed by atoms with E-state index in [1.165, 1.54) is 0 Å². The minimum absolute atomic E-state index is 0.0538. The average molecular weight is 308 g/mol. The summed E-state index contributed by atoms with van der Waals surface area (Å²) >= 11 is 6.05. The van der Waals surface area contributed by atoms with E-state index in [2.05, 4.69) is 11.8 Å². The van der Waals surface area contributed by atoms with Crippen LogP contribution in [0, 0.1) is 0 Å². The van der Waals surface area contributed by atoms with Crippen LogP contribution >= 0.6 is 11.6 Å². The van der Waals surface area contributed by atoms with E-state index in [1.807, 2.05) is 37.4 Å². The molecule has 0 saturated heterocycles. The van der Waals surface area contributed by atoms with Gasteiger partial charge in [0.1, 0.15) is 6.10 Å². The van der Waals surface area contributed by atoms with Crippen LogP contribution in [0.3, 0.4) is 0 Å². The van der Waals surface area contributed by atoms with Crippen molar-refractivity contribution in [3.8, 4) is 0 Å². The second-order valence-corrected chi connectivity index (χ2v) is 5.71. The topological polar surface area (TPSA) is 29.5 Å². The molecular weight excluding hydrogens is 286 g/mol. The summed E-state index contributed by atoms with van der Waals surface area (Å²) in [7, 11) is 0. The molecular formula is C17H22ClNO2. The molecule has 1 unspecified atom stereocenters. The van der Waals surface area contributed by atoms with Gasteiger partial charge in [0.05, 0.1) is 6.54 Å². The Kier molecular flexibility index (Phi) is 5.83. The summed E-state index contributed by atoms with van der Waals surface area (Å²) < 4.78 is 5.74. The van der Waals surface area contributed by atoms with Crippen LogP contribution in [-0.4, -0.2) is 36.5 Å². The summed E-state index contributed by atoms with van der Waals surface area (Å²) in [6, 6.07) is 7.43. The van der Waals surface area contributed by atoms with E-state index >= 15 is 0 Å². The van der Waals surface area contributed by atoms with Crippen LogP contribution in [0.25, 0.3) is 5.57 Å². The number of carbonyl (C=O) groups is 1. The van der Waals surface area contributed by atoms with Gasteiger partial charge in [0, 0.05) is 29.9 Å². The van der Waals surface area contributed by atoms with Gasteiger partial charge in [-0.1, -0.05) is 37.6 Å². The van der Waals surface area contributed by atoms with E-state index in [1.54, 1.807) is 0 Å². The number of nitrogens with zero attached hydrogens (tertiary/aromatic N) is 1. The molecule has 0 saturated carbocycles. The highest BCUT2D eigenvalue weighted by Gasteiger charge is 2.30. The van der Waals surface area contributed by atoms with Crippen molar-refractivity contribution in [2.24, 2.45) is 0 Å². The summed E-state index contributed by atoms with van der Waals surface area (Å²) in [4.78, 5) is 14.8. The van der Waals surface area contributed by atoms with Crippen molar-refractivity contribution in [1.29, 1.82) is 0 Å². The molecule has 0 radical (unpaired) electrons. The molecule has 2 rings (SSSR count). The number of Topliss-reactive ketones (excluding diaryl/α,β-unsaturated/α-hetero) is 1. The molecule has 1 aromatic rings. The molecule has 21 heavy (non-hydrogen) atoms. The lowest BCUT2D eigenvalue weighted by Gasteiger charge is -2.31. The normalized spacial score (nSPS) is 18.8. The molecule has 0 amide bonds. The lowest BCUT2D eigenvalue weighted by Crippen LogP contribution is -2.41. The van der Waals surface area contributed by atoms with Gasteiger partial charge in [-0.3, -0.25) is 4.79 Å². The van der Waals surface area contributed by atoms with Crippen LogP contribution in [0.4, 0.5) is 0 Å². The first-order valence-electron chi connectivity index (χ1n) is 7.53. The molecule has 1 heterocycles. The number of benzene rings is 1. The molecule has 0 fully saturated rings. The fourth-order valence-corrected chi connectivity index (χ4v) is 2.66. The van der Waals surface area contributed by atoms with Gasteiger partial charge >= 0.3 is 0 Å². The SMILES string of the molecule is CCCOC1CN(CCC)C=C(c2cccc(Cl)c2)C1=O. The Balaban J connectivity index is 2.28. The molecule has 0 bridgehead atoms. The zero-order chi connectivity index (χ0) is 15.2. The number of carbonyl (C=O) groups excluding carboxylic acids is 1. The van der Waals surface area contributed by atoms with Gasteiger partial charge in [-0.05, 0) is 30.5 Å². The van der Waals surface area contributed by atoms with E-state index in [9.17, 15) is 4.79 Å². The number of rotatable bonds is 6. The highest BCUT2D eigenvalue weighted by molar-refractivity contribution is 6.31. The Morgan fingerprint density at radius 3 is 2.81 bits per heavy atom. The number of ether oxygens (including phenoxy) is 1. The summed E-state index contributed by atoms with van der Waals surface area (Å²) in [5, 5.41) is 0.639. The summed E-state index contributed by atoms with van der Waals surface area (Å²) in [5.41, 5.74) is 1.55. The highest BCUT2D eigenvalue weighted by atomic mass is 35.5. The quantitative estimate of drug-likeness (QED) is 0.801. The predicted molar refractivity (Wildman–Crippen MR) is 86.3 cm³/mol. The molecule has 114 valence electrons. The maximum atomic E-state index is 12.6. The minimum Gasteiger partial charge on any atom is -0.374 e. The second kappa shape index (κ2) is 7.62. The molecule has 3 nitrogen and oxygen atoms in total. The summed E-state index contributed by atoms with van der Waals surface area (Å²) in [5.74, 6) is 0.0538. The first-order chi connectivity index (χ1) is 10.2. The fraction of sp³-hybridized carbons (Fsp3) is 0.471. The van der Waals surface area contributed by atoms with Crippen LogP contribution < -0.4 is 0 Å². The van der Waals surface area contributed by atoms with Gasteiger partial charge in [0.25, 0.3) is 0 Å². The van der Waals surface area contributed by atoms with Crippen LogP contribution in [0.15, 0.2) is 30.5 Å². The Bertz CT molecular complexity index is 527. The average Bonchev–Trinajstić information content (AvgIpc) is 2.47. The number of ketones is 1. The van der Waals surface area contributed by atoms with Crippen molar-refractivity contribution < 1.29 is 9.53 Å². The van der Waals surface area contributed by atoms with Crippen molar-refractivity contribution in [3.63, 3.8) is 0 Å². The van der Waals surface area contributed by atoms with Crippen LogP contribution in [0.1, 0.15) is 32.3 Å². The fourth-order valence-electron chi connectivity index (χ4n) is 2.47. The zero-order valence-electron chi connectivity index (χ0n) is 12.6. The van der Waals surface area contributed by atoms with Gasteiger partial charge < -0.3 is 9.64 Å². The highest BCUT2D eigenvalue weighted by Crippen LogP contribution is 2.26. The zero-order valence-corrected chi connectivity index (χ0v) is 13.4. The molecule has 0 aliphatic carbocycles. The molecule has 1 aliphatic heterocycles. The third kappa shape index (κ3) is 4.08. The minimum atomic E-state index is -0.379.